The van der Waals surface area contributed by atoms with Crippen molar-refractivity contribution in [2.75, 3.05) is 16.0 Å². The highest BCUT2D eigenvalue weighted by Gasteiger charge is 2.12. The van der Waals surface area contributed by atoms with E-state index in [9.17, 15) is 18.4 Å². The van der Waals surface area contributed by atoms with Gasteiger partial charge in [-0.15, -0.1) is 0 Å². The van der Waals surface area contributed by atoms with Crippen molar-refractivity contribution < 1.29 is 23.5 Å². The summed E-state index contributed by atoms with van der Waals surface area (Å²) < 4.78 is 28.0. The second kappa shape index (κ2) is 9.74. The summed E-state index contributed by atoms with van der Waals surface area (Å²) in [5.74, 6) is -2.95. The molecule has 0 aliphatic rings. The quantitative estimate of drug-likeness (QED) is 0.299. The van der Waals surface area contributed by atoms with E-state index in [0.29, 0.717) is 17.1 Å². The predicted octanol–water partition coefficient (Wildman–Crippen LogP) is 5.19. The molecule has 1 aromatic heterocycles. The van der Waals surface area contributed by atoms with Crippen LogP contribution in [0.4, 0.5) is 37.6 Å². The molecule has 34 heavy (non-hydrogen) atoms. The number of amides is 1. The molecule has 1 heterocycles. The van der Waals surface area contributed by atoms with Gasteiger partial charge in [0.25, 0.3) is 5.91 Å². The maximum Gasteiger partial charge on any atom is 0.335 e. The Balaban J connectivity index is 1.43. The molecule has 0 bridgehead atoms. The minimum atomic E-state index is -1.05. The second-order valence-corrected chi connectivity index (χ2v) is 7.03. The van der Waals surface area contributed by atoms with E-state index in [0.717, 1.165) is 6.20 Å². The molecule has 1 amide bonds. The topological polar surface area (TPSA) is 116 Å². The zero-order valence-corrected chi connectivity index (χ0v) is 17.4. The summed E-state index contributed by atoms with van der Waals surface area (Å²) in [6.45, 7) is 0. The summed E-state index contributed by atoms with van der Waals surface area (Å²) in [6.07, 6.45) is 0.992. The molecule has 8 nitrogen and oxygen atoms in total. The van der Waals surface area contributed by atoms with Crippen LogP contribution < -0.4 is 16.0 Å². The van der Waals surface area contributed by atoms with Crippen LogP contribution in [0.1, 0.15) is 20.7 Å². The summed E-state index contributed by atoms with van der Waals surface area (Å²) >= 11 is 0. The summed E-state index contributed by atoms with van der Waals surface area (Å²) in [6, 6.07) is 17.9. The van der Waals surface area contributed by atoms with Crippen LogP contribution in [0.25, 0.3) is 0 Å². The lowest BCUT2D eigenvalue weighted by Gasteiger charge is -2.11. The Morgan fingerprint density at radius 2 is 1.38 bits per heavy atom. The van der Waals surface area contributed by atoms with Gasteiger partial charge in [0.1, 0.15) is 5.82 Å². The van der Waals surface area contributed by atoms with Crippen LogP contribution in [-0.2, 0) is 0 Å². The number of rotatable bonds is 7. The molecular formula is C24H17F2N5O3. The lowest BCUT2D eigenvalue weighted by atomic mass is 10.2. The number of hydrogen-bond acceptors (Lipinski definition) is 6. The largest absolute Gasteiger partial charge is 0.478 e. The van der Waals surface area contributed by atoms with Crippen molar-refractivity contribution in [2.24, 2.45) is 0 Å². The van der Waals surface area contributed by atoms with E-state index in [-0.39, 0.29) is 22.9 Å². The SMILES string of the molecule is O=C(O)c1ccc(Nc2ncc(F)c(Nc3ccc(NC(=O)c4ccccc4F)cc3)n2)cc1. The number of nitrogens with zero attached hydrogens (tertiary/aromatic N) is 2. The van der Waals surface area contributed by atoms with Crippen LogP contribution in [0.15, 0.2) is 79.0 Å². The van der Waals surface area contributed by atoms with Gasteiger partial charge in [-0.3, -0.25) is 4.79 Å². The fourth-order valence-corrected chi connectivity index (χ4v) is 2.96. The van der Waals surface area contributed by atoms with Gasteiger partial charge in [-0.2, -0.15) is 4.98 Å². The molecule has 0 fully saturated rings. The molecule has 0 radical (unpaired) electrons. The van der Waals surface area contributed by atoms with Crippen molar-refractivity contribution in [3.05, 3.63) is 102 Å². The monoisotopic (exact) mass is 461 g/mol. The summed E-state index contributed by atoms with van der Waals surface area (Å²) in [7, 11) is 0. The first-order chi connectivity index (χ1) is 16.4. The highest BCUT2D eigenvalue weighted by Crippen LogP contribution is 2.22. The summed E-state index contributed by atoms with van der Waals surface area (Å²) in [5.41, 5.74) is 1.48. The van der Waals surface area contributed by atoms with Gasteiger partial charge in [-0.1, -0.05) is 12.1 Å². The molecule has 170 valence electrons. The molecule has 4 aromatic rings. The van der Waals surface area contributed by atoms with Crippen molar-refractivity contribution in [1.29, 1.82) is 0 Å². The van der Waals surface area contributed by atoms with Gasteiger partial charge in [0.2, 0.25) is 5.95 Å². The third-order valence-corrected chi connectivity index (χ3v) is 4.66. The predicted molar refractivity (Wildman–Crippen MR) is 123 cm³/mol. The number of carboxylic acid groups (broad SMARTS) is 1. The van der Waals surface area contributed by atoms with Crippen molar-refractivity contribution >= 4 is 40.7 Å². The Kier molecular flexibility index (Phi) is 6.40. The van der Waals surface area contributed by atoms with E-state index < -0.39 is 23.5 Å². The fourth-order valence-electron chi connectivity index (χ4n) is 2.96. The lowest BCUT2D eigenvalue weighted by molar-refractivity contribution is 0.0696. The number of nitrogens with one attached hydrogen (secondary N) is 3. The Morgan fingerprint density at radius 1 is 0.765 bits per heavy atom. The molecule has 0 saturated heterocycles. The third kappa shape index (κ3) is 5.30. The first-order valence-electron chi connectivity index (χ1n) is 9.95. The van der Waals surface area contributed by atoms with Crippen molar-refractivity contribution in [1.82, 2.24) is 9.97 Å². The number of carbonyl (C=O) groups is 2. The number of carboxylic acids is 1. The Bertz CT molecular complexity index is 1350. The minimum Gasteiger partial charge on any atom is -0.478 e. The van der Waals surface area contributed by atoms with Crippen LogP contribution in [0.5, 0.6) is 0 Å². The van der Waals surface area contributed by atoms with Gasteiger partial charge in [0, 0.05) is 17.1 Å². The van der Waals surface area contributed by atoms with Gasteiger partial charge in [0.15, 0.2) is 11.6 Å². The highest BCUT2D eigenvalue weighted by molar-refractivity contribution is 6.04. The van der Waals surface area contributed by atoms with Gasteiger partial charge >= 0.3 is 5.97 Å². The zero-order valence-electron chi connectivity index (χ0n) is 17.4. The molecule has 0 spiro atoms. The molecule has 0 atom stereocenters. The molecule has 0 aliphatic heterocycles. The molecule has 10 heteroatoms. The van der Waals surface area contributed by atoms with Crippen molar-refractivity contribution in [3.8, 4) is 0 Å². The van der Waals surface area contributed by atoms with E-state index in [1.807, 2.05) is 0 Å². The Labute approximate surface area is 192 Å². The number of aromatic carboxylic acids is 1. The van der Waals surface area contributed by atoms with Gasteiger partial charge in [0.05, 0.1) is 17.3 Å². The number of halogens is 2. The lowest BCUT2D eigenvalue weighted by Crippen LogP contribution is -2.13. The fraction of sp³-hybridized carbons (Fsp3) is 0. The van der Waals surface area contributed by atoms with Crippen LogP contribution in [0, 0.1) is 11.6 Å². The average molecular weight is 461 g/mol. The molecule has 0 unspecified atom stereocenters. The molecule has 3 aromatic carbocycles. The van der Waals surface area contributed by atoms with Gasteiger partial charge in [-0.05, 0) is 60.7 Å². The van der Waals surface area contributed by atoms with Crippen molar-refractivity contribution in [2.45, 2.75) is 0 Å². The zero-order chi connectivity index (χ0) is 24.1. The standard InChI is InChI=1S/C24H17F2N5O3/c25-19-4-2-1-3-18(19)22(32)29-16-11-9-15(10-12-16)28-21-20(26)13-27-24(31-21)30-17-7-5-14(6-8-17)23(33)34/h1-13H,(H,29,32)(H,33,34)(H2,27,28,30,31). The second-order valence-electron chi connectivity index (χ2n) is 7.03. The number of hydrogen-bond donors (Lipinski definition) is 4. The Hall–Kier alpha value is -4.86. The van der Waals surface area contributed by atoms with E-state index in [1.54, 1.807) is 30.3 Å². The van der Waals surface area contributed by atoms with Crippen LogP contribution in [0.2, 0.25) is 0 Å². The maximum atomic E-state index is 14.2. The van der Waals surface area contributed by atoms with Gasteiger partial charge in [-0.25, -0.2) is 18.6 Å². The molecule has 4 rings (SSSR count). The normalized spacial score (nSPS) is 10.4. The van der Waals surface area contributed by atoms with Crippen LogP contribution >= 0.6 is 0 Å². The number of carbonyl (C=O) groups excluding carboxylic acids is 1. The van der Waals surface area contributed by atoms with E-state index in [1.165, 1.54) is 42.5 Å². The first-order valence-corrected chi connectivity index (χ1v) is 9.95. The smallest absolute Gasteiger partial charge is 0.335 e. The number of anilines is 5. The maximum absolute atomic E-state index is 14.2. The molecule has 0 saturated carbocycles. The third-order valence-electron chi connectivity index (χ3n) is 4.66. The number of aromatic nitrogens is 2. The van der Waals surface area contributed by atoms with E-state index in [2.05, 4.69) is 25.9 Å². The minimum absolute atomic E-state index is 0.0783. The van der Waals surface area contributed by atoms with E-state index in [4.69, 9.17) is 5.11 Å². The molecule has 4 N–H and O–H groups in total. The van der Waals surface area contributed by atoms with E-state index >= 15 is 0 Å². The van der Waals surface area contributed by atoms with Crippen LogP contribution in [0.3, 0.4) is 0 Å². The summed E-state index contributed by atoms with van der Waals surface area (Å²) in [5, 5.41) is 17.3. The van der Waals surface area contributed by atoms with Gasteiger partial charge < -0.3 is 21.1 Å². The molecular weight excluding hydrogens is 444 g/mol. The van der Waals surface area contributed by atoms with Crippen molar-refractivity contribution in [3.63, 3.8) is 0 Å². The highest BCUT2D eigenvalue weighted by atomic mass is 19.1. The Morgan fingerprint density at radius 3 is 2.06 bits per heavy atom. The first kappa shape index (κ1) is 22.3. The van der Waals surface area contributed by atoms with Crippen LogP contribution in [-0.4, -0.2) is 27.0 Å². The average Bonchev–Trinajstić information content (AvgIpc) is 2.83. The number of benzene rings is 3. The summed E-state index contributed by atoms with van der Waals surface area (Å²) in [4.78, 5) is 31.2. The molecule has 0 aliphatic carbocycles.